The summed E-state index contributed by atoms with van der Waals surface area (Å²) in [6.07, 6.45) is 4.63. The maximum atomic E-state index is 5.38. The molecule has 0 bridgehead atoms. The Hall–Kier alpha value is -1.31. The van der Waals surface area contributed by atoms with E-state index in [1.165, 1.54) is 24.0 Å². The summed E-state index contributed by atoms with van der Waals surface area (Å²) in [5, 5.41) is 3.87. The normalized spacial score (nSPS) is 19.5. The summed E-state index contributed by atoms with van der Waals surface area (Å²) < 4.78 is 0. The van der Waals surface area contributed by atoms with Gasteiger partial charge in [-0.2, -0.15) is 5.10 Å². The van der Waals surface area contributed by atoms with Crippen molar-refractivity contribution in [3.63, 3.8) is 0 Å². The lowest BCUT2D eigenvalue weighted by molar-refractivity contribution is 0.775. The summed E-state index contributed by atoms with van der Waals surface area (Å²) in [6.45, 7) is 0. The van der Waals surface area contributed by atoms with Crippen molar-refractivity contribution in [2.45, 2.75) is 25.7 Å². The molecule has 0 fully saturated rings. The first-order chi connectivity index (χ1) is 6.42. The van der Waals surface area contributed by atoms with Gasteiger partial charge in [0.05, 0.1) is 5.71 Å². The number of hydrazone groups is 1. The number of hydrogen-bond acceptors (Lipinski definition) is 2. The van der Waals surface area contributed by atoms with Crippen molar-refractivity contribution in [3.8, 4) is 0 Å². The van der Waals surface area contributed by atoms with E-state index in [2.05, 4.69) is 29.4 Å². The number of fused-ring (bicyclic) bond motifs is 1. The van der Waals surface area contributed by atoms with Crippen LogP contribution >= 0.6 is 0 Å². The van der Waals surface area contributed by atoms with Crippen LogP contribution in [0.4, 0.5) is 0 Å². The summed E-state index contributed by atoms with van der Waals surface area (Å²) in [7, 11) is 0. The van der Waals surface area contributed by atoms with E-state index in [0.717, 1.165) is 18.6 Å². The molecule has 1 aliphatic carbocycles. The highest BCUT2D eigenvalue weighted by molar-refractivity contribution is 6.01. The van der Waals surface area contributed by atoms with Crippen LogP contribution in [0, 0.1) is 0 Å². The molecule has 2 N–H and O–H groups in total. The second-order valence-electron chi connectivity index (χ2n) is 3.44. The Morgan fingerprint density at radius 2 is 1.85 bits per heavy atom. The van der Waals surface area contributed by atoms with Crippen LogP contribution in [-0.2, 0) is 6.42 Å². The van der Waals surface area contributed by atoms with Gasteiger partial charge in [0.25, 0.3) is 0 Å². The molecule has 0 atom stereocenters. The number of rotatable bonds is 0. The third kappa shape index (κ3) is 1.57. The van der Waals surface area contributed by atoms with Crippen LogP contribution in [0.3, 0.4) is 0 Å². The van der Waals surface area contributed by atoms with Gasteiger partial charge in [0.2, 0.25) is 0 Å². The highest BCUT2D eigenvalue weighted by atomic mass is 15.1. The van der Waals surface area contributed by atoms with Gasteiger partial charge in [0.15, 0.2) is 0 Å². The quantitative estimate of drug-likeness (QED) is 0.365. The molecule has 2 heteroatoms. The molecule has 1 aromatic rings. The molecule has 0 aliphatic heterocycles. The summed E-state index contributed by atoms with van der Waals surface area (Å²) in [6, 6.07) is 8.42. The first kappa shape index (κ1) is 8.30. The molecule has 2 rings (SSSR count). The minimum atomic E-state index is 1.02. The maximum Gasteiger partial charge on any atom is 0.0675 e. The van der Waals surface area contributed by atoms with E-state index in [9.17, 15) is 0 Å². The maximum absolute atomic E-state index is 5.38. The number of aryl methyl sites for hydroxylation is 1. The molecular formula is C11H14N2. The summed E-state index contributed by atoms with van der Waals surface area (Å²) in [5.41, 5.74) is 3.71. The first-order valence-electron chi connectivity index (χ1n) is 4.77. The van der Waals surface area contributed by atoms with E-state index in [1.54, 1.807) is 0 Å². The predicted octanol–water partition coefficient (Wildman–Crippen LogP) is 2.08. The van der Waals surface area contributed by atoms with Gasteiger partial charge in [-0.1, -0.05) is 24.3 Å². The molecule has 0 amide bonds. The Morgan fingerprint density at radius 3 is 2.69 bits per heavy atom. The Morgan fingerprint density at radius 1 is 1.08 bits per heavy atom. The highest BCUT2D eigenvalue weighted by Crippen LogP contribution is 2.20. The SMILES string of the molecule is N/N=C1/CCCCc2ccccc21. The number of benzene rings is 1. The van der Waals surface area contributed by atoms with E-state index >= 15 is 0 Å². The fraction of sp³-hybridized carbons (Fsp3) is 0.364. The molecule has 1 aromatic carbocycles. The van der Waals surface area contributed by atoms with E-state index in [1.807, 2.05) is 0 Å². The molecule has 0 spiro atoms. The lowest BCUT2D eigenvalue weighted by Crippen LogP contribution is -2.04. The van der Waals surface area contributed by atoms with E-state index < -0.39 is 0 Å². The highest BCUT2D eigenvalue weighted by Gasteiger charge is 2.12. The van der Waals surface area contributed by atoms with Crippen LogP contribution < -0.4 is 5.84 Å². The zero-order valence-electron chi connectivity index (χ0n) is 7.66. The standard InChI is InChI=1S/C11H14N2/c12-13-11-8-4-2-6-9-5-1-3-7-10(9)11/h1,3,5,7H,2,4,6,8,12H2/b13-11-. The molecule has 2 nitrogen and oxygen atoms in total. The van der Waals surface area contributed by atoms with Gasteiger partial charge in [-0.05, 0) is 31.2 Å². The zero-order chi connectivity index (χ0) is 9.10. The first-order valence-corrected chi connectivity index (χ1v) is 4.77. The molecule has 13 heavy (non-hydrogen) atoms. The van der Waals surface area contributed by atoms with Crippen molar-refractivity contribution in [2.24, 2.45) is 10.9 Å². The van der Waals surface area contributed by atoms with Crippen LogP contribution in [0.2, 0.25) is 0 Å². The largest absolute Gasteiger partial charge is 0.323 e. The number of nitrogens with two attached hydrogens (primary N) is 1. The average molecular weight is 174 g/mol. The van der Waals surface area contributed by atoms with E-state index in [-0.39, 0.29) is 0 Å². The van der Waals surface area contributed by atoms with Gasteiger partial charge < -0.3 is 5.84 Å². The second kappa shape index (κ2) is 3.60. The Balaban J connectivity index is 2.48. The monoisotopic (exact) mass is 174 g/mol. The lowest BCUT2D eigenvalue weighted by Gasteiger charge is -2.05. The molecule has 0 radical (unpaired) electrons. The molecule has 0 aromatic heterocycles. The molecule has 1 aliphatic rings. The Kier molecular flexibility index (Phi) is 2.30. The van der Waals surface area contributed by atoms with Gasteiger partial charge in [-0.25, -0.2) is 0 Å². The minimum absolute atomic E-state index is 1.02. The third-order valence-electron chi connectivity index (χ3n) is 2.59. The van der Waals surface area contributed by atoms with Gasteiger partial charge in [-0.3, -0.25) is 0 Å². The predicted molar refractivity (Wildman–Crippen MR) is 54.7 cm³/mol. The third-order valence-corrected chi connectivity index (χ3v) is 2.59. The van der Waals surface area contributed by atoms with Crippen LogP contribution in [0.25, 0.3) is 0 Å². The van der Waals surface area contributed by atoms with Gasteiger partial charge in [0.1, 0.15) is 0 Å². The Labute approximate surface area is 78.5 Å². The number of nitrogens with zero attached hydrogens (tertiary/aromatic N) is 1. The van der Waals surface area contributed by atoms with Crippen LogP contribution in [-0.4, -0.2) is 5.71 Å². The second-order valence-corrected chi connectivity index (χ2v) is 3.44. The van der Waals surface area contributed by atoms with Crippen molar-refractivity contribution in [3.05, 3.63) is 35.4 Å². The van der Waals surface area contributed by atoms with Crippen molar-refractivity contribution < 1.29 is 0 Å². The van der Waals surface area contributed by atoms with Crippen LogP contribution in [0.1, 0.15) is 30.4 Å². The number of hydrogen-bond donors (Lipinski definition) is 1. The molecule has 0 unspecified atom stereocenters. The average Bonchev–Trinajstić information content (AvgIpc) is 2.39. The summed E-state index contributed by atoms with van der Waals surface area (Å²) in [5.74, 6) is 5.38. The minimum Gasteiger partial charge on any atom is -0.323 e. The molecule has 0 saturated heterocycles. The Bertz CT molecular complexity index is 329. The topological polar surface area (TPSA) is 38.4 Å². The van der Waals surface area contributed by atoms with Crippen LogP contribution in [0.15, 0.2) is 29.4 Å². The molecule has 68 valence electrons. The van der Waals surface area contributed by atoms with Gasteiger partial charge >= 0.3 is 0 Å². The summed E-state index contributed by atoms with van der Waals surface area (Å²) in [4.78, 5) is 0. The van der Waals surface area contributed by atoms with E-state index in [0.29, 0.717) is 0 Å². The van der Waals surface area contributed by atoms with Crippen molar-refractivity contribution >= 4 is 5.71 Å². The van der Waals surface area contributed by atoms with Gasteiger partial charge in [-0.15, -0.1) is 0 Å². The molecule has 0 saturated carbocycles. The molecular weight excluding hydrogens is 160 g/mol. The van der Waals surface area contributed by atoms with Crippen molar-refractivity contribution in [1.82, 2.24) is 0 Å². The fourth-order valence-corrected chi connectivity index (χ4v) is 1.90. The van der Waals surface area contributed by atoms with E-state index in [4.69, 9.17) is 5.84 Å². The van der Waals surface area contributed by atoms with Crippen molar-refractivity contribution in [1.29, 1.82) is 0 Å². The molecule has 0 heterocycles. The smallest absolute Gasteiger partial charge is 0.0675 e. The fourth-order valence-electron chi connectivity index (χ4n) is 1.90. The lowest BCUT2D eigenvalue weighted by atomic mass is 10.0. The van der Waals surface area contributed by atoms with Gasteiger partial charge in [0, 0.05) is 5.56 Å². The van der Waals surface area contributed by atoms with Crippen LogP contribution in [0.5, 0.6) is 0 Å². The zero-order valence-corrected chi connectivity index (χ0v) is 7.66. The van der Waals surface area contributed by atoms with Crippen molar-refractivity contribution in [2.75, 3.05) is 0 Å². The summed E-state index contributed by atoms with van der Waals surface area (Å²) >= 11 is 0.